The molecule has 4 heterocycles. The van der Waals surface area contributed by atoms with Crippen LogP contribution in [-0.2, 0) is 21.6 Å². The quantitative estimate of drug-likeness (QED) is 0.663. The minimum Gasteiger partial charge on any atom is -0.387 e. The molecule has 0 N–H and O–H groups in total. The monoisotopic (exact) mass is 443 g/mol. The Bertz CT molecular complexity index is 968. The van der Waals surface area contributed by atoms with Gasteiger partial charge in [-0.3, -0.25) is 4.90 Å². The smallest absolute Gasteiger partial charge is 0.387 e. The summed E-state index contributed by atoms with van der Waals surface area (Å²) >= 11 is 1.45. The number of aromatic nitrogens is 2. The normalized spacial score (nSPS) is 25.4. The molecule has 0 bridgehead atoms. The molecule has 0 aliphatic carbocycles. The van der Waals surface area contributed by atoms with Crippen LogP contribution in [-0.4, -0.2) is 83.2 Å². The van der Waals surface area contributed by atoms with E-state index in [1.165, 1.54) is 24.6 Å². The Kier molecular flexibility index (Phi) is 5.91. The number of hydrogen-bond acceptors (Lipinski definition) is 8. The van der Waals surface area contributed by atoms with Crippen LogP contribution in [0.5, 0.6) is 0 Å². The fourth-order valence-electron chi connectivity index (χ4n) is 3.67. The maximum atomic E-state index is 13.0. The van der Waals surface area contributed by atoms with Gasteiger partial charge in [-0.05, 0) is 25.3 Å². The maximum Gasteiger partial charge on any atom is 0.438 e. The fourth-order valence-corrected chi connectivity index (χ4v) is 6.06. The van der Waals surface area contributed by atoms with Crippen molar-refractivity contribution in [1.82, 2.24) is 23.3 Å². The molecule has 2 atom stereocenters. The first-order valence-electron chi connectivity index (χ1n) is 9.58. The first kappa shape index (κ1) is 20.7. The molecule has 2 fully saturated rings. The summed E-state index contributed by atoms with van der Waals surface area (Å²) in [5, 5.41) is 6.15. The first-order chi connectivity index (χ1) is 13.8. The predicted molar refractivity (Wildman–Crippen MR) is 108 cm³/mol. The number of hydrogen-bond donors (Lipinski definition) is 0. The highest BCUT2D eigenvalue weighted by atomic mass is 32.2. The molecule has 0 spiro atoms. The van der Waals surface area contributed by atoms with Crippen LogP contribution in [0.15, 0.2) is 26.7 Å². The lowest BCUT2D eigenvalue weighted by Gasteiger charge is -2.40. The molecule has 0 aromatic carbocycles. The Morgan fingerprint density at radius 3 is 2.45 bits per heavy atom. The van der Waals surface area contributed by atoms with Crippen LogP contribution >= 0.6 is 11.3 Å². The fraction of sp³-hybridized carbons (Fsp3) is 0.647. The molecule has 0 radical (unpaired) electrons. The average molecular weight is 444 g/mol. The highest BCUT2D eigenvalue weighted by molar-refractivity contribution is 7.86. The highest BCUT2D eigenvalue weighted by Crippen LogP contribution is 2.22. The minimum atomic E-state index is -3.52. The van der Waals surface area contributed by atoms with Gasteiger partial charge < -0.3 is 9.15 Å². The number of piperazine rings is 1. The van der Waals surface area contributed by atoms with E-state index in [0.29, 0.717) is 45.2 Å². The number of morpholine rings is 1. The molecule has 160 valence electrons. The van der Waals surface area contributed by atoms with Crippen LogP contribution in [0.2, 0.25) is 0 Å². The molecule has 2 unspecified atom stereocenters. The van der Waals surface area contributed by atoms with Crippen molar-refractivity contribution in [3.63, 3.8) is 0 Å². The Labute approximate surface area is 173 Å². The van der Waals surface area contributed by atoms with Crippen molar-refractivity contribution < 1.29 is 17.6 Å². The SMILES string of the molecule is CC1CN(S(=O)(=O)N2CCN(Cn3nc(-c4cccs4)oc3=O)CC2)CC(C)O1. The van der Waals surface area contributed by atoms with E-state index in [0.717, 1.165) is 4.88 Å². The van der Waals surface area contributed by atoms with Crippen LogP contribution in [0.4, 0.5) is 0 Å². The third-order valence-corrected chi connectivity index (χ3v) is 7.87. The molecule has 10 nitrogen and oxygen atoms in total. The van der Waals surface area contributed by atoms with Crippen LogP contribution in [0.25, 0.3) is 10.8 Å². The summed E-state index contributed by atoms with van der Waals surface area (Å²) in [6.45, 7) is 6.55. The van der Waals surface area contributed by atoms with Crippen LogP contribution in [0.1, 0.15) is 13.8 Å². The van der Waals surface area contributed by atoms with E-state index in [-0.39, 0.29) is 18.9 Å². The minimum absolute atomic E-state index is 0.119. The van der Waals surface area contributed by atoms with Crippen LogP contribution in [0.3, 0.4) is 0 Å². The summed E-state index contributed by atoms with van der Waals surface area (Å²) in [7, 11) is -3.52. The second-order valence-corrected chi connectivity index (χ2v) is 10.3. The second-order valence-electron chi connectivity index (χ2n) is 7.39. The van der Waals surface area contributed by atoms with Gasteiger partial charge in [0, 0.05) is 39.3 Å². The summed E-state index contributed by atoms with van der Waals surface area (Å²) in [5.41, 5.74) is 0. The molecule has 2 saturated heterocycles. The van der Waals surface area contributed by atoms with Gasteiger partial charge in [0.05, 0.1) is 17.1 Å². The van der Waals surface area contributed by atoms with E-state index in [1.807, 2.05) is 36.3 Å². The third-order valence-electron chi connectivity index (χ3n) is 5.04. The van der Waals surface area contributed by atoms with Crippen molar-refractivity contribution in [2.75, 3.05) is 39.3 Å². The third kappa shape index (κ3) is 4.47. The van der Waals surface area contributed by atoms with Gasteiger partial charge in [0.25, 0.3) is 16.1 Å². The maximum absolute atomic E-state index is 13.0. The summed E-state index contributed by atoms with van der Waals surface area (Å²) in [6, 6.07) is 3.71. The van der Waals surface area contributed by atoms with E-state index in [2.05, 4.69) is 5.10 Å². The van der Waals surface area contributed by atoms with Gasteiger partial charge in [-0.2, -0.15) is 21.7 Å². The molecular weight excluding hydrogens is 418 g/mol. The van der Waals surface area contributed by atoms with Crippen molar-refractivity contribution in [3.8, 4) is 10.8 Å². The van der Waals surface area contributed by atoms with Crippen LogP contribution < -0.4 is 5.76 Å². The molecule has 2 aliphatic rings. The van der Waals surface area contributed by atoms with E-state index in [4.69, 9.17) is 9.15 Å². The largest absolute Gasteiger partial charge is 0.438 e. The summed E-state index contributed by atoms with van der Waals surface area (Å²) in [6.07, 6.45) is -0.238. The molecule has 0 saturated carbocycles. The van der Waals surface area contributed by atoms with Gasteiger partial charge in [-0.25, -0.2) is 4.79 Å². The van der Waals surface area contributed by atoms with Gasteiger partial charge in [0.2, 0.25) is 0 Å². The van der Waals surface area contributed by atoms with Crippen molar-refractivity contribution >= 4 is 21.5 Å². The van der Waals surface area contributed by atoms with Crippen molar-refractivity contribution in [3.05, 3.63) is 28.1 Å². The summed E-state index contributed by atoms with van der Waals surface area (Å²) in [4.78, 5) is 14.9. The Hall–Kier alpha value is -1.57. The molecule has 29 heavy (non-hydrogen) atoms. The van der Waals surface area contributed by atoms with Gasteiger partial charge in [-0.15, -0.1) is 16.4 Å². The van der Waals surface area contributed by atoms with Gasteiger partial charge in [0.15, 0.2) is 0 Å². The van der Waals surface area contributed by atoms with Gasteiger partial charge in [0.1, 0.15) is 6.67 Å². The predicted octanol–water partition coefficient (Wildman–Crippen LogP) is 0.494. The lowest BCUT2D eigenvalue weighted by Crippen LogP contribution is -2.57. The zero-order valence-corrected chi connectivity index (χ0v) is 18.1. The Morgan fingerprint density at radius 1 is 1.14 bits per heavy atom. The molecule has 12 heteroatoms. The summed E-state index contributed by atoms with van der Waals surface area (Å²) < 4.78 is 41.1. The molecule has 2 aromatic heterocycles. The standard InChI is InChI=1S/C17H25N5O5S2/c1-13-10-21(11-14(2)26-13)29(24,25)20-7-5-19(6-8-20)12-22-17(23)27-16(18-22)15-4-3-9-28-15/h3-4,9,13-14H,5-8,10-12H2,1-2H3. The lowest BCUT2D eigenvalue weighted by atomic mass is 10.3. The average Bonchev–Trinajstić information content (AvgIpc) is 3.32. The number of thiophene rings is 1. The van der Waals surface area contributed by atoms with Gasteiger partial charge in [-0.1, -0.05) is 6.07 Å². The lowest BCUT2D eigenvalue weighted by molar-refractivity contribution is -0.0458. The Morgan fingerprint density at radius 2 is 1.83 bits per heavy atom. The topological polar surface area (TPSA) is 101 Å². The van der Waals surface area contributed by atoms with Crippen molar-refractivity contribution in [1.29, 1.82) is 0 Å². The first-order valence-corrected chi connectivity index (χ1v) is 11.9. The van der Waals surface area contributed by atoms with E-state index < -0.39 is 16.0 Å². The molecule has 4 rings (SSSR count). The number of nitrogens with zero attached hydrogens (tertiary/aromatic N) is 5. The molecule has 2 aliphatic heterocycles. The van der Waals surface area contributed by atoms with E-state index in [9.17, 15) is 13.2 Å². The molecule has 0 amide bonds. The number of rotatable bonds is 5. The summed E-state index contributed by atoms with van der Waals surface area (Å²) in [5.74, 6) is -0.207. The van der Waals surface area contributed by atoms with Crippen LogP contribution in [0, 0.1) is 0 Å². The number of ether oxygens (including phenoxy) is 1. The van der Waals surface area contributed by atoms with Crippen molar-refractivity contribution in [2.45, 2.75) is 32.7 Å². The molecule has 2 aromatic rings. The van der Waals surface area contributed by atoms with Crippen molar-refractivity contribution in [2.24, 2.45) is 0 Å². The highest BCUT2D eigenvalue weighted by Gasteiger charge is 2.36. The van der Waals surface area contributed by atoms with Gasteiger partial charge >= 0.3 is 5.76 Å². The van der Waals surface area contributed by atoms with E-state index in [1.54, 1.807) is 0 Å². The van der Waals surface area contributed by atoms with E-state index >= 15 is 0 Å². The zero-order chi connectivity index (χ0) is 20.6. The molecular formula is C17H25N5O5S2. The second kappa shape index (κ2) is 8.28. The Balaban J connectivity index is 1.37. The zero-order valence-electron chi connectivity index (χ0n) is 16.4.